The summed E-state index contributed by atoms with van der Waals surface area (Å²) < 4.78 is 5.12. The number of imidazole rings is 1. The van der Waals surface area contributed by atoms with Gasteiger partial charge in [-0.2, -0.15) is 0 Å². The second kappa shape index (κ2) is 4.33. The Morgan fingerprint density at radius 1 is 1.60 bits per heavy atom. The van der Waals surface area contributed by atoms with E-state index in [0.717, 1.165) is 5.69 Å². The fourth-order valence-corrected chi connectivity index (χ4v) is 1.07. The highest BCUT2D eigenvalue weighted by atomic mass is 16.6. The molecule has 1 amide bonds. The van der Waals surface area contributed by atoms with Crippen molar-refractivity contribution in [2.24, 2.45) is 0 Å². The highest BCUT2D eigenvalue weighted by Crippen LogP contribution is 2.10. The van der Waals surface area contributed by atoms with Crippen LogP contribution in [0.15, 0.2) is 12.5 Å². The van der Waals surface area contributed by atoms with Crippen LogP contribution in [0.3, 0.4) is 0 Å². The van der Waals surface area contributed by atoms with Crippen molar-refractivity contribution in [2.45, 2.75) is 39.3 Å². The lowest BCUT2D eigenvalue weighted by molar-refractivity contribution is 0.0507. The molecule has 0 fully saturated rings. The Labute approximate surface area is 89.2 Å². The zero-order chi connectivity index (χ0) is 11.5. The molecule has 5 nitrogen and oxygen atoms in total. The predicted molar refractivity (Wildman–Crippen MR) is 56.4 cm³/mol. The van der Waals surface area contributed by atoms with Gasteiger partial charge < -0.3 is 15.0 Å². The van der Waals surface area contributed by atoms with Crippen molar-refractivity contribution in [3.05, 3.63) is 18.2 Å². The molecule has 1 aromatic heterocycles. The van der Waals surface area contributed by atoms with E-state index < -0.39 is 11.7 Å². The molecule has 0 spiro atoms. The maximum absolute atomic E-state index is 11.4. The summed E-state index contributed by atoms with van der Waals surface area (Å²) in [5.74, 6) is 0. The smallest absolute Gasteiger partial charge is 0.408 e. The molecule has 0 bridgehead atoms. The molecule has 2 N–H and O–H groups in total. The summed E-state index contributed by atoms with van der Waals surface area (Å²) in [6.45, 7) is 7.34. The molecule has 0 saturated heterocycles. The topological polar surface area (TPSA) is 67.0 Å². The Kier molecular flexibility index (Phi) is 3.34. The standard InChI is InChI=1S/C10H17N3O2/c1-7(8-5-11-6-12-8)13-9(14)15-10(2,3)4/h5-7H,1-4H3,(H,11,12)(H,13,14)/t7-/m0/s1. The molecule has 0 aliphatic heterocycles. The van der Waals surface area contributed by atoms with E-state index in [1.165, 1.54) is 0 Å². The van der Waals surface area contributed by atoms with Gasteiger partial charge in [-0.05, 0) is 27.7 Å². The third-order valence-electron chi connectivity index (χ3n) is 1.72. The number of hydrogen-bond acceptors (Lipinski definition) is 3. The number of ether oxygens (including phenoxy) is 1. The molecule has 84 valence electrons. The summed E-state index contributed by atoms with van der Waals surface area (Å²) in [5, 5.41) is 2.71. The molecule has 1 atom stereocenters. The minimum Gasteiger partial charge on any atom is -0.444 e. The summed E-state index contributed by atoms with van der Waals surface area (Å²) in [7, 11) is 0. The molecule has 0 saturated carbocycles. The van der Waals surface area contributed by atoms with Crippen molar-refractivity contribution < 1.29 is 9.53 Å². The van der Waals surface area contributed by atoms with Crippen LogP contribution >= 0.6 is 0 Å². The van der Waals surface area contributed by atoms with Crippen LogP contribution in [0.4, 0.5) is 4.79 Å². The first-order valence-corrected chi connectivity index (χ1v) is 4.86. The van der Waals surface area contributed by atoms with Crippen LogP contribution in [-0.4, -0.2) is 21.7 Å². The van der Waals surface area contributed by atoms with Crippen molar-refractivity contribution in [1.82, 2.24) is 15.3 Å². The fourth-order valence-electron chi connectivity index (χ4n) is 1.07. The average molecular weight is 211 g/mol. The molecule has 1 heterocycles. The lowest BCUT2D eigenvalue weighted by Gasteiger charge is -2.21. The van der Waals surface area contributed by atoms with Gasteiger partial charge in [0.15, 0.2) is 0 Å². The Morgan fingerprint density at radius 2 is 2.27 bits per heavy atom. The Balaban J connectivity index is 2.45. The number of amides is 1. The number of nitrogens with zero attached hydrogens (tertiary/aromatic N) is 1. The molecule has 0 unspecified atom stereocenters. The number of H-pyrrole nitrogens is 1. The van der Waals surface area contributed by atoms with Gasteiger partial charge in [0, 0.05) is 0 Å². The molecule has 0 aliphatic rings. The maximum atomic E-state index is 11.4. The molecule has 1 rings (SSSR count). The van der Waals surface area contributed by atoms with Gasteiger partial charge in [-0.15, -0.1) is 0 Å². The van der Waals surface area contributed by atoms with Crippen molar-refractivity contribution in [3.8, 4) is 0 Å². The van der Waals surface area contributed by atoms with Gasteiger partial charge in [0.1, 0.15) is 5.60 Å². The van der Waals surface area contributed by atoms with E-state index in [2.05, 4.69) is 15.3 Å². The third-order valence-corrected chi connectivity index (χ3v) is 1.72. The highest BCUT2D eigenvalue weighted by molar-refractivity contribution is 5.68. The second-order valence-electron chi connectivity index (χ2n) is 4.37. The van der Waals surface area contributed by atoms with Gasteiger partial charge in [0.25, 0.3) is 0 Å². The lowest BCUT2D eigenvalue weighted by Crippen LogP contribution is -2.34. The number of carbonyl (C=O) groups excluding carboxylic acids is 1. The van der Waals surface area contributed by atoms with Crippen LogP contribution in [-0.2, 0) is 4.74 Å². The van der Waals surface area contributed by atoms with E-state index in [0.29, 0.717) is 0 Å². The van der Waals surface area contributed by atoms with E-state index in [4.69, 9.17) is 4.74 Å². The number of alkyl carbamates (subject to hydrolysis) is 1. The number of carbonyl (C=O) groups is 1. The van der Waals surface area contributed by atoms with Crippen LogP contribution in [0, 0.1) is 0 Å². The predicted octanol–water partition coefficient (Wildman–Crippen LogP) is 2.00. The van der Waals surface area contributed by atoms with E-state index in [-0.39, 0.29) is 6.04 Å². The monoisotopic (exact) mass is 211 g/mol. The normalized spacial score (nSPS) is 13.3. The van der Waals surface area contributed by atoms with Gasteiger partial charge in [0.05, 0.1) is 24.3 Å². The number of hydrogen-bond donors (Lipinski definition) is 2. The number of aromatic nitrogens is 2. The highest BCUT2D eigenvalue weighted by Gasteiger charge is 2.18. The average Bonchev–Trinajstić information content (AvgIpc) is 2.50. The summed E-state index contributed by atoms with van der Waals surface area (Å²) in [6, 6.07) is -0.137. The second-order valence-corrected chi connectivity index (χ2v) is 4.37. The third kappa shape index (κ3) is 4.01. The molecule has 5 heteroatoms. The summed E-state index contributed by atoms with van der Waals surface area (Å²) in [5.41, 5.74) is 0.374. The Hall–Kier alpha value is -1.52. The first-order valence-electron chi connectivity index (χ1n) is 4.86. The molecule has 15 heavy (non-hydrogen) atoms. The minimum absolute atomic E-state index is 0.137. The largest absolute Gasteiger partial charge is 0.444 e. The van der Waals surface area contributed by atoms with Crippen LogP contribution in [0.5, 0.6) is 0 Å². The molecular weight excluding hydrogens is 194 g/mol. The zero-order valence-electron chi connectivity index (χ0n) is 9.50. The van der Waals surface area contributed by atoms with Crippen LogP contribution in [0.1, 0.15) is 39.4 Å². The van der Waals surface area contributed by atoms with Crippen molar-refractivity contribution in [3.63, 3.8) is 0 Å². The first kappa shape index (κ1) is 11.6. The molecule has 0 radical (unpaired) electrons. The van der Waals surface area contributed by atoms with E-state index in [1.54, 1.807) is 12.5 Å². The van der Waals surface area contributed by atoms with Gasteiger partial charge in [-0.25, -0.2) is 9.78 Å². The molecule has 0 aliphatic carbocycles. The quantitative estimate of drug-likeness (QED) is 0.786. The number of nitrogens with one attached hydrogen (secondary N) is 2. The van der Waals surface area contributed by atoms with Crippen LogP contribution in [0.25, 0.3) is 0 Å². The lowest BCUT2D eigenvalue weighted by atomic mass is 10.2. The summed E-state index contributed by atoms with van der Waals surface area (Å²) in [6.07, 6.45) is 2.81. The summed E-state index contributed by atoms with van der Waals surface area (Å²) >= 11 is 0. The molecule has 1 aromatic rings. The maximum Gasteiger partial charge on any atom is 0.408 e. The fraction of sp³-hybridized carbons (Fsp3) is 0.600. The van der Waals surface area contributed by atoms with Gasteiger partial charge in [-0.1, -0.05) is 0 Å². The van der Waals surface area contributed by atoms with Gasteiger partial charge in [-0.3, -0.25) is 0 Å². The molecular formula is C10H17N3O2. The van der Waals surface area contributed by atoms with Crippen LogP contribution < -0.4 is 5.32 Å². The van der Waals surface area contributed by atoms with Crippen LogP contribution in [0.2, 0.25) is 0 Å². The van der Waals surface area contributed by atoms with Crippen molar-refractivity contribution in [1.29, 1.82) is 0 Å². The SMILES string of the molecule is C[C@H](NC(=O)OC(C)(C)C)c1cnc[nH]1. The number of aromatic amines is 1. The van der Waals surface area contributed by atoms with E-state index in [9.17, 15) is 4.79 Å². The van der Waals surface area contributed by atoms with Gasteiger partial charge in [0.2, 0.25) is 0 Å². The summed E-state index contributed by atoms with van der Waals surface area (Å²) in [4.78, 5) is 18.2. The van der Waals surface area contributed by atoms with E-state index >= 15 is 0 Å². The zero-order valence-corrected chi connectivity index (χ0v) is 9.50. The minimum atomic E-state index is -0.474. The van der Waals surface area contributed by atoms with E-state index in [1.807, 2.05) is 27.7 Å². The van der Waals surface area contributed by atoms with Gasteiger partial charge >= 0.3 is 6.09 Å². The Morgan fingerprint density at radius 3 is 2.73 bits per heavy atom. The van der Waals surface area contributed by atoms with Crippen molar-refractivity contribution in [2.75, 3.05) is 0 Å². The number of rotatable bonds is 2. The molecule has 0 aromatic carbocycles. The first-order chi connectivity index (χ1) is 6.88. The Bertz CT molecular complexity index is 314. The van der Waals surface area contributed by atoms with Crippen molar-refractivity contribution >= 4 is 6.09 Å².